The van der Waals surface area contributed by atoms with E-state index in [2.05, 4.69) is 0 Å². The van der Waals surface area contributed by atoms with E-state index in [9.17, 15) is 24.5 Å². The molecule has 106 valence electrons. The van der Waals surface area contributed by atoms with Gasteiger partial charge in [0.1, 0.15) is 4.90 Å². The smallest absolute Gasteiger partial charge is 0.310 e. The summed E-state index contributed by atoms with van der Waals surface area (Å²) in [6.07, 6.45) is 0. The maximum absolute atomic E-state index is 12.4. The van der Waals surface area contributed by atoms with Gasteiger partial charge in [-0.2, -0.15) is 0 Å². The van der Waals surface area contributed by atoms with Gasteiger partial charge in [-0.15, -0.1) is 0 Å². The van der Waals surface area contributed by atoms with Gasteiger partial charge in [0.2, 0.25) is 0 Å². The second-order valence-corrected chi connectivity index (χ2v) is 7.08. The minimum Gasteiger partial charge on any atom is -0.388 e. The van der Waals surface area contributed by atoms with Gasteiger partial charge in [0.15, 0.2) is 0 Å². The van der Waals surface area contributed by atoms with Crippen LogP contribution in [0.2, 0.25) is 0 Å². The zero-order valence-corrected chi connectivity index (χ0v) is 10.5. The van der Waals surface area contributed by atoms with Crippen LogP contribution in [0.4, 0.5) is 19.4 Å². The summed E-state index contributed by atoms with van der Waals surface area (Å²) in [6, 6.07) is 1.28. The van der Waals surface area contributed by atoms with Crippen LogP contribution >= 0.6 is 10.2 Å². The lowest BCUT2D eigenvalue weighted by atomic mass is 9.93. The lowest BCUT2D eigenvalue weighted by Gasteiger charge is -2.40. The molecule has 0 aromatic heterocycles. The number of rotatable bonds is 3. The van der Waals surface area contributed by atoms with Crippen LogP contribution in [0.3, 0.4) is 0 Å². The van der Waals surface area contributed by atoms with Crippen molar-refractivity contribution in [2.24, 2.45) is 5.73 Å². The van der Waals surface area contributed by atoms with E-state index in [0.29, 0.717) is 0 Å². The molecule has 0 aliphatic heterocycles. The van der Waals surface area contributed by atoms with Crippen LogP contribution in [0.25, 0.3) is 0 Å². The second kappa shape index (κ2) is 3.37. The van der Waals surface area contributed by atoms with E-state index in [4.69, 9.17) is 5.73 Å². The monoisotopic (exact) mass is 291 g/mol. The fourth-order valence-corrected chi connectivity index (χ4v) is 1.99. The van der Waals surface area contributed by atoms with Gasteiger partial charge in [0.25, 0.3) is 0 Å². The zero-order chi connectivity index (χ0) is 14.5. The minimum absolute atomic E-state index is 0.146. The third-order valence-electron chi connectivity index (χ3n) is 2.45. The Kier molecular flexibility index (Phi) is 2.84. The number of nitrogens with two attached hydrogens (primary N) is 1. The lowest BCUT2D eigenvalue weighted by Crippen LogP contribution is -2.35. The van der Waals surface area contributed by atoms with Crippen molar-refractivity contribution in [3.05, 3.63) is 29.8 Å². The molecule has 8 heteroatoms. The van der Waals surface area contributed by atoms with Crippen molar-refractivity contribution in [2.45, 2.75) is 30.4 Å². The highest BCUT2D eigenvalue weighted by Crippen LogP contribution is 3.02. The highest BCUT2D eigenvalue weighted by molar-refractivity contribution is 8.45. The van der Waals surface area contributed by atoms with Crippen LogP contribution in [-0.2, 0) is 0 Å². The average Bonchev–Trinajstić information content (AvgIpc) is 2.12. The Bertz CT molecular complexity index is 447. The van der Waals surface area contributed by atoms with Gasteiger partial charge >= 0.3 is 10.2 Å². The van der Waals surface area contributed by atoms with Crippen LogP contribution in [0.1, 0.15) is 25.5 Å². The van der Waals surface area contributed by atoms with Crippen molar-refractivity contribution in [2.75, 3.05) is 0 Å². The molecule has 1 atom stereocenters. The Hall–Kier alpha value is -0.860. The summed E-state index contributed by atoms with van der Waals surface area (Å²) in [7, 11) is -9.64. The Morgan fingerprint density at radius 2 is 1.44 bits per heavy atom. The first-order valence-electron chi connectivity index (χ1n) is 4.93. The number of hydrogen-bond donors (Lipinski definition) is 2. The minimum atomic E-state index is -9.64. The van der Waals surface area contributed by atoms with Crippen LogP contribution in [0.5, 0.6) is 0 Å². The topological polar surface area (TPSA) is 46.2 Å². The molecule has 0 aliphatic rings. The molecule has 0 heterocycles. The highest BCUT2D eigenvalue weighted by atomic mass is 32.5. The molecule has 0 aliphatic carbocycles. The van der Waals surface area contributed by atoms with Gasteiger partial charge < -0.3 is 10.8 Å². The first-order chi connectivity index (χ1) is 7.61. The molecule has 0 amide bonds. The standard InChI is InChI=1S/C10H14F5NOS/c1-10(2,17)9(16)7-3-5-8(6-4-7)18(11,12,13,14)15/h3-6,9,17H,16H2,1-2H3/t9-/m0/s1. The van der Waals surface area contributed by atoms with Crippen molar-refractivity contribution < 1.29 is 24.5 Å². The molecule has 2 nitrogen and oxygen atoms in total. The summed E-state index contributed by atoms with van der Waals surface area (Å²) in [5.74, 6) is 0. The van der Waals surface area contributed by atoms with Crippen molar-refractivity contribution in [3.63, 3.8) is 0 Å². The average molecular weight is 291 g/mol. The van der Waals surface area contributed by atoms with Crippen molar-refractivity contribution in [1.82, 2.24) is 0 Å². The molecule has 0 saturated carbocycles. The molecule has 0 saturated heterocycles. The fourth-order valence-electron chi connectivity index (χ4n) is 1.34. The molecular formula is C10H14F5NOS. The summed E-state index contributed by atoms with van der Waals surface area (Å²) in [5.41, 5.74) is 4.37. The zero-order valence-electron chi connectivity index (χ0n) is 9.71. The molecule has 18 heavy (non-hydrogen) atoms. The van der Waals surface area contributed by atoms with Gasteiger partial charge in [0, 0.05) is 0 Å². The van der Waals surface area contributed by atoms with Crippen LogP contribution in [0.15, 0.2) is 29.2 Å². The molecular weight excluding hydrogens is 277 g/mol. The van der Waals surface area contributed by atoms with E-state index in [1.807, 2.05) is 0 Å². The van der Waals surface area contributed by atoms with E-state index < -0.39 is 26.8 Å². The third-order valence-corrected chi connectivity index (χ3v) is 3.61. The van der Waals surface area contributed by atoms with Crippen molar-refractivity contribution in [3.8, 4) is 0 Å². The first-order valence-corrected chi connectivity index (χ1v) is 6.88. The second-order valence-electron chi connectivity index (χ2n) is 4.67. The summed E-state index contributed by atoms with van der Waals surface area (Å²) in [5, 5.41) is 9.58. The summed E-state index contributed by atoms with van der Waals surface area (Å²) >= 11 is 0. The summed E-state index contributed by atoms with van der Waals surface area (Å²) < 4.78 is 62.2. The number of benzene rings is 1. The quantitative estimate of drug-likeness (QED) is 0.823. The van der Waals surface area contributed by atoms with E-state index in [0.717, 1.165) is 12.1 Å². The van der Waals surface area contributed by atoms with Crippen molar-refractivity contribution >= 4 is 10.2 Å². The third kappa shape index (κ3) is 3.56. The predicted molar refractivity (Wildman–Crippen MR) is 61.1 cm³/mol. The molecule has 1 rings (SSSR count). The van der Waals surface area contributed by atoms with Crippen LogP contribution < -0.4 is 5.73 Å². The maximum Gasteiger partial charge on any atom is 0.310 e. The van der Waals surface area contributed by atoms with Gasteiger partial charge in [-0.25, -0.2) is 0 Å². The highest BCUT2D eigenvalue weighted by Gasteiger charge is 2.65. The molecule has 0 unspecified atom stereocenters. The summed E-state index contributed by atoms with van der Waals surface area (Å²) in [4.78, 5) is -1.97. The van der Waals surface area contributed by atoms with E-state index in [1.165, 1.54) is 13.8 Å². The van der Waals surface area contributed by atoms with Crippen LogP contribution in [-0.4, -0.2) is 10.7 Å². The molecule has 3 N–H and O–H groups in total. The molecule has 1 aromatic rings. The fraction of sp³-hybridized carbons (Fsp3) is 0.400. The van der Waals surface area contributed by atoms with Gasteiger partial charge in [-0.3, -0.25) is 0 Å². The van der Waals surface area contributed by atoms with Crippen molar-refractivity contribution in [1.29, 1.82) is 0 Å². The molecule has 1 aromatic carbocycles. The summed E-state index contributed by atoms with van der Waals surface area (Å²) in [6.45, 7) is 2.74. The largest absolute Gasteiger partial charge is 0.388 e. The molecule has 0 spiro atoms. The van der Waals surface area contributed by atoms with Gasteiger partial charge in [0.05, 0.1) is 11.6 Å². The van der Waals surface area contributed by atoms with E-state index >= 15 is 0 Å². The Morgan fingerprint density at radius 1 is 1.06 bits per heavy atom. The van der Waals surface area contributed by atoms with Gasteiger partial charge in [-0.05, 0) is 31.5 Å². The lowest BCUT2D eigenvalue weighted by molar-refractivity contribution is 0.0517. The Labute approximate surface area is 101 Å². The Balaban J connectivity index is 3.18. The number of hydrogen-bond acceptors (Lipinski definition) is 2. The molecule has 0 bridgehead atoms. The Morgan fingerprint density at radius 3 is 1.72 bits per heavy atom. The number of halogens is 5. The molecule has 0 radical (unpaired) electrons. The number of aliphatic hydroxyl groups is 1. The van der Waals surface area contributed by atoms with E-state index in [-0.39, 0.29) is 17.7 Å². The normalized spacial score (nSPS) is 18.9. The predicted octanol–water partition coefficient (Wildman–Crippen LogP) is 4.11. The molecule has 0 fully saturated rings. The van der Waals surface area contributed by atoms with Gasteiger partial charge in [-0.1, -0.05) is 31.6 Å². The SMILES string of the molecule is CC(C)(O)[C@@H](N)c1ccc(S(F)(F)(F)(F)F)cc1. The van der Waals surface area contributed by atoms with E-state index in [1.54, 1.807) is 0 Å². The maximum atomic E-state index is 12.4. The first kappa shape index (κ1) is 15.2. The van der Waals surface area contributed by atoms with Crippen LogP contribution in [0, 0.1) is 0 Å².